The zero-order valence-corrected chi connectivity index (χ0v) is 10.8. The van der Waals surface area contributed by atoms with Gasteiger partial charge in [-0.25, -0.2) is 4.79 Å². The minimum absolute atomic E-state index is 0.313. The van der Waals surface area contributed by atoms with E-state index in [0.717, 1.165) is 11.3 Å². The summed E-state index contributed by atoms with van der Waals surface area (Å²) >= 11 is 0. The number of aromatic carboxylic acids is 1. The van der Waals surface area contributed by atoms with Gasteiger partial charge in [-0.1, -0.05) is 18.2 Å². The number of benzene rings is 1. The van der Waals surface area contributed by atoms with Crippen LogP contribution >= 0.6 is 0 Å². The number of hydrogen-bond acceptors (Lipinski definition) is 3. The lowest BCUT2D eigenvalue weighted by molar-refractivity contribution is 0.0697. The molecule has 1 aromatic carbocycles. The predicted octanol–water partition coefficient (Wildman–Crippen LogP) is 2.33. The molecule has 0 unspecified atom stereocenters. The summed E-state index contributed by atoms with van der Waals surface area (Å²) in [6.07, 6.45) is 1.76. The van der Waals surface area contributed by atoms with E-state index in [1.165, 1.54) is 0 Å². The van der Waals surface area contributed by atoms with E-state index < -0.39 is 5.97 Å². The van der Waals surface area contributed by atoms with E-state index in [9.17, 15) is 9.90 Å². The van der Waals surface area contributed by atoms with Gasteiger partial charge in [-0.3, -0.25) is 0 Å². The van der Waals surface area contributed by atoms with Gasteiger partial charge in [0.05, 0.1) is 17.9 Å². The first kappa shape index (κ1) is 14.3. The predicted molar refractivity (Wildman–Crippen MR) is 72.4 cm³/mol. The first-order valence-corrected chi connectivity index (χ1v) is 5.79. The second-order valence-corrected chi connectivity index (χ2v) is 4.00. The van der Waals surface area contributed by atoms with Crippen molar-refractivity contribution in [3.8, 4) is 0 Å². The molecule has 0 saturated carbocycles. The summed E-state index contributed by atoms with van der Waals surface area (Å²) in [5.74, 6) is -0.917. The number of carbonyl (C=O) groups is 1. The van der Waals surface area contributed by atoms with E-state index in [2.05, 4.69) is 6.58 Å². The second-order valence-electron chi connectivity index (χ2n) is 4.00. The average Bonchev–Trinajstić information content (AvgIpc) is 2.34. The number of anilines is 1. The maximum absolute atomic E-state index is 11.3. The Morgan fingerprint density at radius 3 is 2.83 bits per heavy atom. The summed E-state index contributed by atoms with van der Waals surface area (Å²) in [7, 11) is 1.63. The molecule has 98 valence electrons. The Balaban J connectivity index is 3.16. The smallest absolute Gasteiger partial charge is 0.337 e. The van der Waals surface area contributed by atoms with E-state index in [1.807, 2.05) is 17.9 Å². The van der Waals surface area contributed by atoms with Crippen LogP contribution in [-0.2, 0) is 4.74 Å². The van der Waals surface area contributed by atoms with Crippen molar-refractivity contribution in [2.75, 3.05) is 31.7 Å². The largest absolute Gasteiger partial charge is 0.478 e. The van der Waals surface area contributed by atoms with Crippen LogP contribution in [0.3, 0.4) is 0 Å². The Morgan fingerprint density at radius 1 is 1.56 bits per heavy atom. The van der Waals surface area contributed by atoms with Gasteiger partial charge in [-0.05, 0) is 18.6 Å². The molecule has 0 saturated heterocycles. The molecule has 0 amide bonds. The fourth-order valence-corrected chi connectivity index (χ4v) is 1.90. The van der Waals surface area contributed by atoms with Gasteiger partial charge in [-0.15, -0.1) is 6.58 Å². The third-order valence-electron chi connectivity index (χ3n) is 2.70. The van der Waals surface area contributed by atoms with Gasteiger partial charge < -0.3 is 14.7 Å². The summed E-state index contributed by atoms with van der Waals surface area (Å²) in [6, 6.07) is 5.28. The fraction of sp³-hybridized carbons (Fsp3) is 0.357. The highest BCUT2D eigenvalue weighted by atomic mass is 16.5. The van der Waals surface area contributed by atoms with Crippen LogP contribution in [0.25, 0.3) is 0 Å². The Hall–Kier alpha value is -1.81. The molecular weight excluding hydrogens is 230 g/mol. The van der Waals surface area contributed by atoms with Crippen molar-refractivity contribution < 1.29 is 14.6 Å². The molecule has 0 spiro atoms. The molecule has 4 heteroatoms. The summed E-state index contributed by atoms with van der Waals surface area (Å²) in [5, 5.41) is 9.25. The SMILES string of the molecule is C=CCN(CCOC)c1c(C)cccc1C(=O)O. The van der Waals surface area contributed by atoms with Gasteiger partial charge >= 0.3 is 5.97 Å². The summed E-state index contributed by atoms with van der Waals surface area (Å²) < 4.78 is 5.06. The van der Waals surface area contributed by atoms with E-state index in [0.29, 0.717) is 25.3 Å². The van der Waals surface area contributed by atoms with Crippen LogP contribution in [0.2, 0.25) is 0 Å². The van der Waals surface area contributed by atoms with Crippen molar-refractivity contribution in [1.29, 1.82) is 0 Å². The number of rotatable bonds is 7. The molecular formula is C14H19NO3. The highest BCUT2D eigenvalue weighted by Crippen LogP contribution is 2.25. The number of carboxylic acids is 1. The average molecular weight is 249 g/mol. The minimum atomic E-state index is -0.917. The van der Waals surface area contributed by atoms with Crippen LogP contribution in [-0.4, -0.2) is 37.9 Å². The van der Waals surface area contributed by atoms with E-state index in [-0.39, 0.29) is 0 Å². The second kappa shape index (κ2) is 6.81. The number of hydrogen-bond donors (Lipinski definition) is 1. The first-order valence-electron chi connectivity index (χ1n) is 5.79. The molecule has 0 aliphatic rings. The van der Waals surface area contributed by atoms with Gasteiger partial charge in [0.25, 0.3) is 0 Å². The van der Waals surface area contributed by atoms with Crippen molar-refractivity contribution in [1.82, 2.24) is 0 Å². The molecule has 0 heterocycles. The summed E-state index contributed by atoms with van der Waals surface area (Å²) in [6.45, 7) is 7.38. The van der Waals surface area contributed by atoms with Crippen LogP contribution in [0.4, 0.5) is 5.69 Å². The number of methoxy groups -OCH3 is 1. The lowest BCUT2D eigenvalue weighted by Crippen LogP contribution is -2.29. The Labute approximate surface area is 107 Å². The molecule has 1 aromatic rings. The Morgan fingerprint density at radius 2 is 2.28 bits per heavy atom. The molecule has 1 rings (SSSR count). The quantitative estimate of drug-likeness (QED) is 0.753. The molecule has 18 heavy (non-hydrogen) atoms. The number of para-hydroxylation sites is 1. The third-order valence-corrected chi connectivity index (χ3v) is 2.70. The number of nitrogens with zero attached hydrogens (tertiary/aromatic N) is 1. The third kappa shape index (κ3) is 3.34. The Bertz CT molecular complexity index is 429. The Kier molecular flexibility index (Phi) is 5.39. The molecule has 0 bridgehead atoms. The number of ether oxygens (including phenoxy) is 1. The van der Waals surface area contributed by atoms with Crippen molar-refractivity contribution in [3.05, 3.63) is 42.0 Å². The zero-order chi connectivity index (χ0) is 13.5. The summed E-state index contributed by atoms with van der Waals surface area (Å²) in [4.78, 5) is 13.2. The van der Waals surface area contributed by atoms with Crippen molar-refractivity contribution in [3.63, 3.8) is 0 Å². The topological polar surface area (TPSA) is 49.8 Å². The van der Waals surface area contributed by atoms with E-state index in [4.69, 9.17) is 4.74 Å². The van der Waals surface area contributed by atoms with Crippen molar-refractivity contribution in [2.45, 2.75) is 6.92 Å². The van der Waals surface area contributed by atoms with Crippen LogP contribution in [0.5, 0.6) is 0 Å². The lowest BCUT2D eigenvalue weighted by atomic mass is 10.1. The van der Waals surface area contributed by atoms with Crippen molar-refractivity contribution in [2.24, 2.45) is 0 Å². The van der Waals surface area contributed by atoms with Gasteiger partial charge in [0.2, 0.25) is 0 Å². The molecule has 0 aromatic heterocycles. The maximum Gasteiger partial charge on any atom is 0.337 e. The van der Waals surface area contributed by atoms with Crippen LogP contribution in [0.15, 0.2) is 30.9 Å². The normalized spacial score (nSPS) is 10.1. The zero-order valence-electron chi connectivity index (χ0n) is 10.8. The highest BCUT2D eigenvalue weighted by molar-refractivity contribution is 5.95. The first-order chi connectivity index (χ1) is 8.61. The van der Waals surface area contributed by atoms with Crippen LogP contribution < -0.4 is 4.90 Å². The standard InChI is InChI=1S/C14H19NO3/c1-4-8-15(9-10-18-3)13-11(2)6-5-7-12(13)14(16)17/h4-7H,1,8-10H2,2-3H3,(H,16,17). The fourth-order valence-electron chi connectivity index (χ4n) is 1.90. The maximum atomic E-state index is 11.3. The van der Waals surface area contributed by atoms with Gasteiger partial charge in [-0.2, -0.15) is 0 Å². The number of aryl methyl sites for hydroxylation is 1. The molecule has 0 radical (unpaired) electrons. The van der Waals surface area contributed by atoms with Gasteiger partial charge in [0.15, 0.2) is 0 Å². The highest BCUT2D eigenvalue weighted by Gasteiger charge is 2.17. The molecule has 0 aliphatic carbocycles. The lowest BCUT2D eigenvalue weighted by Gasteiger charge is -2.26. The van der Waals surface area contributed by atoms with E-state index in [1.54, 1.807) is 25.3 Å². The van der Waals surface area contributed by atoms with Gasteiger partial charge in [0.1, 0.15) is 0 Å². The molecule has 4 nitrogen and oxygen atoms in total. The molecule has 0 atom stereocenters. The van der Waals surface area contributed by atoms with Crippen molar-refractivity contribution >= 4 is 11.7 Å². The summed E-state index contributed by atoms with van der Waals surface area (Å²) in [5.41, 5.74) is 1.99. The van der Waals surface area contributed by atoms with Gasteiger partial charge in [0, 0.05) is 20.2 Å². The molecule has 0 aliphatic heterocycles. The van der Waals surface area contributed by atoms with E-state index >= 15 is 0 Å². The minimum Gasteiger partial charge on any atom is -0.478 e. The number of carboxylic acid groups (broad SMARTS) is 1. The molecule has 1 N–H and O–H groups in total. The molecule has 0 fully saturated rings. The van der Waals surface area contributed by atoms with Crippen LogP contribution in [0, 0.1) is 6.92 Å². The monoisotopic (exact) mass is 249 g/mol. The van der Waals surface area contributed by atoms with Crippen LogP contribution in [0.1, 0.15) is 15.9 Å².